The summed E-state index contributed by atoms with van der Waals surface area (Å²) in [5, 5.41) is 0. The number of ether oxygens (including phenoxy) is 3. The van der Waals surface area contributed by atoms with Gasteiger partial charge in [-0.3, -0.25) is 14.4 Å². The molecular formula is C70H116O6. The van der Waals surface area contributed by atoms with E-state index in [0.717, 1.165) is 135 Å². The van der Waals surface area contributed by atoms with Gasteiger partial charge in [-0.05, 0) is 109 Å². The first-order chi connectivity index (χ1) is 37.5. The third-order valence-electron chi connectivity index (χ3n) is 13.2. The zero-order valence-electron chi connectivity index (χ0n) is 49.5. The lowest BCUT2D eigenvalue weighted by Gasteiger charge is -2.18. The number of carbonyl (C=O) groups is 3. The van der Waals surface area contributed by atoms with Gasteiger partial charge in [-0.25, -0.2) is 0 Å². The molecule has 1 atom stereocenters. The maximum Gasteiger partial charge on any atom is 0.306 e. The molecular weight excluding hydrogens is 937 g/mol. The summed E-state index contributed by atoms with van der Waals surface area (Å²) >= 11 is 0. The molecule has 0 aromatic rings. The second kappa shape index (κ2) is 63.3. The first-order valence-electron chi connectivity index (χ1n) is 31.5. The molecule has 0 bridgehead atoms. The van der Waals surface area contributed by atoms with Crippen LogP contribution in [0, 0.1) is 0 Å². The highest BCUT2D eigenvalue weighted by Gasteiger charge is 2.19. The third-order valence-corrected chi connectivity index (χ3v) is 13.2. The van der Waals surface area contributed by atoms with Crippen molar-refractivity contribution in [2.45, 2.75) is 290 Å². The van der Waals surface area contributed by atoms with E-state index < -0.39 is 6.10 Å². The highest BCUT2D eigenvalue weighted by Crippen LogP contribution is 2.15. The maximum atomic E-state index is 12.9. The summed E-state index contributed by atoms with van der Waals surface area (Å²) in [6.45, 7) is 6.40. The Morgan fingerprint density at radius 2 is 0.513 bits per heavy atom. The Bertz CT molecular complexity index is 1590. The van der Waals surface area contributed by atoms with Gasteiger partial charge >= 0.3 is 17.9 Å². The molecule has 0 aromatic heterocycles. The van der Waals surface area contributed by atoms with Crippen LogP contribution in [0.5, 0.6) is 0 Å². The zero-order chi connectivity index (χ0) is 55.0. The largest absolute Gasteiger partial charge is 0.462 e. The van der Waals surface area contributed by atoms with E-state index in [1.165, 1.54) is 109 Å². The Kier molecular flexibility index (Phi) is 59.9. The SMILES string of the molecule is CC/C=C\C/C=C\C/C=C\C/C=C\C/C=C\CCCCCCCCCC(=O)OCC(COC(=O)CCCCCCCCCCCCCC)OC(=O)CCCCCCCCC/C=C\C/C=C\C/C=C\C/C=C\C/C=C\CC. The topological polar surface area (TPSA) is 78.9 Å². The van der Waals surface area contributed by atoms with Crippen molar-refractivity contribution in [2.24, 2.45) is 0 Å². The standard InChI is InChI=1S/C70H116O6/c1-4-7-10-13-16-19-22-25-27-29-31-33-35-37-39-41-43-45-48-51-54-57-60-63-69(72)75-66-67(65-74-68(71)62-59-56-53-50-47-24-21-18-15-12-9-6-3)76-70(73)64-61-58-55-52-49-46-44-42-40-38-36-34-32-30-28-26-23-20-17-14-11-8-5-2/h7-8,10-11,16-17,19-20,25-28,31-34,37-40,67H,4-6,9,12-15,18,21-24,29-30,35-36,41-66H2,1-3H3/b10-7-,11-8-,19-16-,20-17-,27-25-,28-26-,33-31-,34-32-,39-37-,40-38-. The van der Waals surface area contributed by atoms with Crippen molar-refractivity contribution >= 4 is 17.9 Å². The molecule has 76 heavy (non-hydrogen) atoms. The molecule has 6 nitrogen and oxygen atoms in total. The fourth-order valence-electron chi connectivity index (χ4n) is 8.56. The van der Waals surface area contributed by atoms with E-state index in [1.54, 1.807) is 0 Å². The van der Waals surface area contributed by atoms with E-state index in [-0.39, 0.29) is 31.1 Å². The van der Waals surface area contributed by atoms with Gasteiger partial charge in [-0.2, -0.15) is 0 Å². The van der Waals surface area contributed by atoms with Crippen LogP contribution >= 0.6 is 0 Å². The molecule has 0 aromatic carbocycles. The van der Waals surface area contributed by atoms with Crippen molar-refractivity contribution in [3.05, 3.63) is 122 Å². The summed E-state index contributed by atoms with van der Waals surface area (Å²) in [5.41, 5.74) is 0. The van der Waals surface area contributed by atoms with Gasteiger partial charge in [0.2, 0.25) is 0 Å². The molecule has 0 spiro atoms. The molecule has 0 amide bonds. The van der Waals surface area contributed by atoms with Gasteiger partial charge in [-0.15, -0.1) is 0 Å². The minimum atomic E-state index is -0.792. The van der Waals surface area contributed by atoms with Crippen molar-refractivity contribution in [1.82, 2.24) is 0 Å². The lowest BCUT2D eigenvalue weighted by atomic mass is 10.0. The molecule has 0 heterocycles. The van der Waals surface area contributed by atoms with Gasteiger partial charge in [-0.1, -0.05) is 277 Å². The number of carbonyl (C=O) groups excluding carboxylic acids is 3. The Balaban J connectivity index is 4.38. The predicted molar refractivity (Wildman–Crippen MR) is 330 cm³/mol. The van der Waals surface area contributed by atoms with E-state index in [2.05, 4.69) is 142 Å². The van der Waals surface area contributed by atoms with Crippen molar-refractivity contribution in [3.63, 3.8) is 0 Å². The van der Waals surface area contributed by atoms with E-state index in [9.17, 15) is 14.4 Å². The van der Waals surface area contributed by atoms with Crippen molar-refractivity contribution < 1.29 is 28.6 Å². The number of allylic oxidation sites excluding steroid dienone is 20. The van der Waals surface area contributed by atoms with Gasteiger partial charge in [0, 0.05) is 19.3 Å². The van der Waals surface area contributed by atoms with Crippen LogP contribution in [0.25, 0.3) is 0 Å². The van der Waals surface area contributed by atoms with Crippen LogP contribution in [0.2, 0.25) is 0 Å². The first kappa shape index (κ1) is 71.8. The number of unbranched alkanes of at least 4 members (excludes halogenated alkanes) is 25. The smallest absolute Gasteiger partial charge is 0.306 e. The zero-order valence-corrected chi connectivity index (χ0v) is 49.5. The van der Waals surface area contributed by atoms with Gasteiger partial charge in [0.25, 0.3) is 0 Å². The summed E-state index contributed by atoms with van der Waals surface area (Å²) < 4.78 is 16.9. The van der Waals surface area contributed by atoms with Crippen LogP contribution in [0.1, 0.15) is 284 Å². The van der Waals surface area contributed by atoms with Crippen LogP contribution < -0.4 is 0 Å². The van der Waals surface area contributed by atoms with Crippen molar-refractivity contribution in [3.8, 4) is 0 Å². The quantitative estimate of drug-likeness (QED) is 0.0261. The van der Waals surface area contributed by atoms with Gasteiger partial charge in [0.15, 0.2) is 6.10 Å². The molecule has 0 saturated heterocycles. The second-order valence-electron chi connectivity index (χ2n) is 20.6. The number of rotatable bonds is 56. The summed E-state index contributed by atoms with van der Waals surface area (Å²) in [4.78, 5) is 38.3. The summed E-state index contributed by atoms with van der Waals surface area (Å²) in [6, 6.07) is 0. The van der Waals surface area contributed by atoms with E-state index in [1.807, 2.05) is 0 Å². The molecule has 0 rings (SSSR count). The highest BCUT2D eigenvalue weighted by molar-refractivity contribution is 5.71. The monoisotopic (exact) mass is 1050 g/mol. The highest BCUT2D eigenvalue weighted by atomic mass is 16.6. The van der Waals surface area contributed by atoms with Crippen LogP contribution in [-0.4, -0.2) is 37.2 Å². The molecule has 0 aliphatic heterocycles. The molecule has 1 unspecified atom stereocenters. The second-order valence-corrected chi connectivity index (χ2v) is 20.6. The van der Waals surface area contributed by atoms with E-state index in [4.69, 9.17) is 14.2 Å². The Morgan fingerprint density at radius 3 is 0.803 bits per heavy atom. The lowest BCUT2D eigenvalue weighted by molar-refractivity contribution is -0.167. The predicted octanol–water partition coefficient (Wildman–Crippen LogP) is 21.6. The Labute approximate surface area is 469 Å². The molecule has 432 valence electrons. The van der Waals surface area contributed by atoms with Crippen LogP contribution in [0.4, 0.5) is 0 Å². The molecule has 0 radical (unpaired) electrons. The Morgan fingerprint density at radius 1 is 0.276 bits per heavy atom. The van der Waals surface area contributed by atoms with Crippen molar-refractivity contribution in [1.29, 1.82) is 0 Å². The first-order valence-corrected chi connectivity index (χ1v) is 31.5. The van der Waals surface area contributed by atoms with Gasteiger partial charge in [0.05, 0.1) is 0 Å². The summed E-state index contributed by atoms with van der Waals surface area (Å²) in [7, 11) is 0. The average molecular weight is 1050 g/mol. The third kappa shape index (κ3) is 60.7. The van der Waals surface area contributed by atoms with E-state index >= 15 is 0 Å². The van der Waals surface area contributed by atoms with Crippen LogP contribution in [0.15, 0.2) is 122 Å². The molecule has 6 heteroatoms. The summed E-state index contributed by atoms with van der Waals surface area (Å²) in [6.07, 6.45) is 87.6. The fourth-order valence-corrected chi connectivity index (χ4v) is 8.56. The fraction of sp³-hybridized carbons (Fsp3) is 0.671. The summed E-state index contributed by atoms with van der Waals surface area (Å²) in [5.74, 6) is -0.904. The molecule has 0 N–H and O–H groups in total. The number of esters is 3. The Hall–Kier alpha value is -4.19. The number of hydrogen-bond acceptors (Lipinski definition) is 6. The maximum absolute atomic E-state index is 12.9. The normalized spacial score (nSPS) is 12.9. The van der Waals surface area contributed by atoms with Crippen LogP contribution in [-0.2, 0) is 28.6 Å². The van der Waals surface area contributed by atoms with Crippen molar-refractivity contribution in [2.75, 3.05) is 13.2 Å². The molecule has 0 aliphatic carbocycles. The number of hydrogen-bond donors (Lipinski definition) is 0. The minimum Gasteiger partial charge on any atom is -0.462 e. The molecule has 0 fully saturated rings. The molecule has 0 aliphatic rings. The van der Waals surface area contributed by atoms with E-state index in [0.29, 0.717) is 19.3 Å². The minimum absolute atomic E-state index is 0.0865. The molecule has 0 saturated carbocycles. The van der Waals surface area contributed by atoms with Crippen LogP contribution in [0.3, 0.4) is 0 Å². The van der Waals surface area contributed by atoms with Gasteiger partial charge in [0.1, 0.15) is 13.2 Å². The average Bonchev–Trinajstić information content (AvgIpc) is 3.42. The van der Waals surface area contributed by atoms with Gasteiger partial charge < -0.3 is 14.2 Å². The lowest BCUT2D eigenvalue weighted by Crippen LogP contribution is -2.30.